The molecule has 4 heterocycles. The van der Waals surface area contributed by atoms with E-state index < -0.39 is 106 Å². The van der Waals surface area contributed by atoms with Crippen LogP contribution in [-0.4, -0.2) is 155 Å². The lowest BCUT2D eigenvalue weighted by Crippen LogP contribution is -2.49. The van der Waals surface area contributed by atoms with Crippen LogP contribution < -0.4 is 42.8 Å². The Balaban J connectivity index is 0.00000100. The second kappa shape index (κ2) is 27.8. The highest BCUT2D eigenvalue weighted by Crippen LogP contribution is 2.32. The molecule has 18 N–H and O–H groups in total. The molecule has 2 aliphatic rings. The molecule has 0 aliphatic carbocycles. The molecule has 2 aromatic carbocycles. The molecular formula is C42H58F4N8O17. The monoisotopic (exact) mass is 1020 g/mol. The molecule has 4 aromatic rings. The minimum Gasteiger partial charge on any atom is -0.481 e. The number of hydrogen-bond acceptors (Lipinski definition) is 14. The number of aliphatic carboxylic acids is 4. The molecule has 0 amide bonds. The van der Waals surface area contributed by atoms with E-state index in [4.69, 9.17) is 42.1 Å². The molecule has 29 heteroatoms. The van der Waals surface area contributed by atoms with Crippen molar-refractivity contribution in [1.29, 1.82) is 0 Å². The van der Waals surface area contributed by atoms with Gasteiger partial charge in [-0.3, -0.25) is 28.8 Å². The summed E-state index contributed by atoms with van der Waals surface area (Å²) in [5.41, 5.74) is 6.41. The highest BCUT2D eigenvalue weighted by Gasteiger charge is 2.29. The summed E-state index contributed by atoms with van der Waals surface area (Å²) >= 11 is 0. The number of carboxylic acid groups (broad SMARTS) is 6. The minimum absolute atomic E-state index is 0. The third-order valence-electron chi connectivity index (χ3n) is 10.4. The number of carbonyl (C=O) groups is 6. The summed E-state index contributed by atoms with van der Waals surface area (Å²) in [6.07, 6.45) is 1.15. The van der Waals surface area contributed by atoms with Crippen LogP contribution >= 0.6 is 0 Å². The Morgan fingerprint density at radius 3 is 1.15 bits per heavy atom. The molecule has 396 valence electrons. The number of piperazine rings is 2. The SMILES string of the molecule is CCn1cc(C(=O)O)c(=O)c2cc(F)c(N3CCNC(C)C3)c(F)c21.CCn1cc(C(=O)O)c(=O)c2cc(F)c(N3CCNC(C)C3)c(F)c21.NC(CC(=O)O)C(=O)O.NC(CC(=O)O)C(=O)O.O.O.O. The lowest BCUT2D eigenvalue weighted by molar-refractivity contribution is -0.144. The summed E-state index contributed by atoms with van der Waals surface area (Å²) in [4.78, 5) is 89.6. The largest absolute Gasteiger partial charge is 0.481 e. The number of anilines is 2. The van der Waals surface area contributed by atoms with E-state index in [-0.39, 0.29) is 74.8 Å². The zero-order chi connectivity index (χ0) is 51.5. The molecule has 2 aromatic heterocycles. The molecular weight excluding hydrogens is 964 g/mol. The fourth-order valence-corrected chi connectivity index (χ4v) is 7.16. The van der Waals surface area contributed by atoms with Gasteiger partial charge in [0.25, 0.3) is 0 Å². The van der Waals surface area contributed by atoms with E-state index in [1.54, 1.807) is 23.6 Å². The average molecular weight is 1020 g/mol. The lowest BCUT2D eigenvalue weighted by Gasteiger charge is -2.34. The maximum absolute atomic E-state index is 15.2. The van der Waals surface area contributed by atoms with Crippen LogP contribution in [0, 0.1) is 23.3 Å². The van der Waals surface area contributed by atoms with E-state index >= 15 is 8.78 Å². The van der Waals surface area contributed by atoms with Gasteiger partial charge >= 0.3 is 35.8 Å². The van der Waals surface area contributed by atoms with Gasteiger partial charge in [-0.15, -0.1) is 0 Å². The molecule has 0 saturated carbocycles. The number of nitrogens with two attached hydrogens (primary N) is 2. The average Bonchev–Trinajstić information content (AvgIpc) is 3.24. The fraction of sp³-hybridized carbons (Fsp3) is 0.429. The number of pyridine rings is 2. The third kappa shape index (κ3) is 15.9. The summed E-state index contributed by atoms with van der Waals surface area (Å²) in [6, 6.07) is -0.537. The molecule has 0 spiro atoms. The second-order valence-corrected chi connectivity index (χ2v) is 15.4. The van der Waals surface area contributed by atoms with Crippen molar-refractivity contribution in [1.82, 2.24) is 19.8 Å². The summed E-state index contributed by atoms with van der Waals surface area (Å²) in [6.45, 7) is 10.7. The maximum atomic E-state index is 15.2. The van der Waals surface area contributed by atoms with Crippen molar-refractivity contribution in [2.45, 2.75) is 77.8 Å². The van der Waals surface area contributed by atoms with Crippen LogP contribution in [-0.2, 0) is 32.3 Å². The Morgan fingerprint density at radius 2 is 0.930 bits per heavy atom. The van der Waals surface area contributed by atoms with Gasteiger partial charge in [0.1, 0.15) is 46.2 Å². The van der Waals surface area contributed by atoms with Crippen LogP contribution in [0.15, 0.2) is 34.1 Å². The number of aromatic nitrogens is 2. The highest BCUT2D eigenvalue weighted by atomic mass is 19.1. The predicted octanol–water partition coefficient (Wildman–Crippen LogP) is -1.14. The smallest absolute Gasteiger partial charge is 0.341 e. The fourth-order valence-electron chi connectivity index (χ4n) is 7.16. The molecule has 2 fully saturated rings. The van der Waals surface area contributed by atoms with E-state index in [0.29, 0.717) is 39.3 Å². The van der Waals surface area contributed by atoms with Gasteiger partial charge < -0.3 is 88.1 Å². The lowest BCUT2D eigenvalue weighted by atomic mass is 10.1. The van der Waals surface area contributed by atoms with Crippen molar-refractivity contribution < 1.29 is 93.4 Å². The van der Waals surface area contributed by atoms with Gasteiger partial charge in [-0.2, -0.15) is 0 Å². The Bertz CT molecular complexity index is 2520. The number of nitrogens with one attached hydrogen (secondary N) is 2. The van der Waals surface area contributed by atoms with Crippen LogP contribution in [0.2, 0.25) is 0 Å². The van der Waals surface area contributed by atoms with Crippen molar-refractivity contribution in [3.63, 3.8) is 0 Å². The number of aryl methyl sites for hydroxylation is 2. The number of nitrogens with zero attached hydrogens (tertiary/aromatic N) is 4. The van der Waals surface area contributed by atoms with E-state index in [0.717, 1.165) is 24.5 Å². The summed E-state index contributed by atoms with van der Waals surface area (Å²) < 4.78 is 62.3. The zero-order valence-electron chi connectivity index (χ0n) is 38.6. The van der Waals surface area contributed by atoms with Crippen molar-refractivity contribution in [2.75, 3.05) is 49.1 Å². The van der Waals surface area contributed by atoms with Crippen molar-refractivity contribution in [2.24, 2.45) is 11.5 Å². The Labute approximate surface area is 399 Å². The number of benzene rings is 2. The normalized spacial score (nSPS) is 15.8. The minimum atomic E-state index is -1.42. The third-order valence-corrected chi connectivity index (χ3v) is 10.4. The van der Waals surface area contributed by atoms with Crippen molar-refractivity contribution in [3.8, 4) is 0 Å². The van der Waals surface area contributed by atoms with Gasteiger partial charge in [0.15, 0.2) is 11.6 Å². The topological polar surface area (TPSA) is 445 Å². The van der Waals surface area contributed by atoms with Crippen LogP contribution in [0.3, 0.4) is 0 Å². The Hall–Kier alpha value is -7.28. The zero-order valence-corrected chi connectivity index (χ0v) is 38.6. The standard InChI is InChI=1S/2C17H19F2N3O3.2C4H7NO4.3H2O/c2*1-3-21-8-11(17(24)25)16(23)10-6-12(18)15(13(19)14(10)21)22-5-4-20-9(2)7-22;2*5-2(4(8)9)1-3(6)7;;;/h2*6,8-9,20H,3-5,7H2,1-2H3,(H,24,25);2*2H,1,5H2,(H,6,7)(H,8,9);3*1H2. The van der Waals surface area contributed by atoms with Gasteiger partial charge in [0.05, 0.1) is 34.6 Å². The van der Waals surface area contributed by atoms with Gasteiger partial charge in [0.2, 0.25) is 10.9 Å². The van der Waals surface area contributed by atoms with Crippen LogP contribution in [0.1, 0.15) is 61.3 Å². The molecule has 6 rings (SSSR count). The molecule has 25 nitrogen and oxygen atoms in total. The molecule has 2 saturated heterocycles. The maximum Gasteiger partial charge on any atom is 0.341 e. The van der Waals surface area contributed by atoms with Crippen molar-refractivity contribution in [3.05, 3.63) is 79.4 Å². The molecule has 71 heavy (non-hydrogen) atoms. The van der Waals surface area contributed by atoms with E-state index in [2.05, 4.69) is 10.6 Å². The molecule has 2 aliphatic heterocycles. The van der Waals surface area contributed by atoms with Crippen molar-refractivity contribution >= 4 is 69.0 Å². The van der Waals surface area contributed by atoms with E-state index in [1.165, 1.54) is 9.13 Å². The summed E-state index contributed by atoms with van der Waals surface area (Å²) in [7, 11) is 0. The molecule has 4 atom stereocenters. The second-order valence-electron chi connectivity index (χ2n) is 15.4. The van der Waals surface area contributed by atoms with Crippen LogP contribution in [0.25, 0.3) is 21.8 Å². The van der Waals surface area contributed by atoms with Gasteiger partial charge in [-0.25, -0.2) is 27.2 Å². The number of hydrogen-bond donors (Lipinski definition) is 10. The summed E-state index contributed by atoms with van der Waals surface area (Å²) in [5, 5.41) is 56.3. The molecule has 0 bridgehead atoms. The van der Waals surface area contributed by atoms with Gasteiger partial charge in [-0.05, 0) is 39.8 Å². The number of carboxylic acids is 6. The Kier molecular flexibility index (Phi) is 24.9. The molecule has 0 radical (unpaired) electrons. The number of halogens is 4. The first-order chi connectivity index (χ1) is 31.8. The van der Waals surface area contributed by atoms with Crippen LogP contribution in [0.4, 0.5) is 28.9 Å². The highest BCUT2D eigenvalue weighted by molar-refractivity contribution is 5.95. The Morgan fingerprint density at radius 1 is 0.620 bits per heavy atom. The number of aromatic carboxylic acids is 2. The predicted molar refractivity (Wildman–Crippen MR) is 247 cm³/mol. The van der Waals surface area contributed by atoms with Crippen LogP contribution in [0.5, 0.6) is 0 Å². The first kappa shape index (κ1) is 63.7. The van der Waals surface area contributed by atoms with E-state index in [1.807, 2.05) is 13.8 Å². The number of fused-ring (bicyclic) bond motifs is 2. The molecule has 4 unspecified atom stereocenters. The summed E-state index contributed by atoms with van der Waals surface area (Å²) in [5.74, 6) is -11.2. The van der Waals surface area contributed by atoms with E-state index in [9.17, 15) is 47.1 Å². The first-order valence-corrected chi connectivity index (χ1v) is 20.7. The van der Waals surface area contributed by atoms with Gasteiger partial charge in [-0.1, -0.05) is 0 Å². The van der Waals surface area contributed by atoms with Gasteiger partial charge in [0, 0.05) is 76.8 Å². The quantitative estimate of drug-likeness (QED) is 0.0750. The number of rotatable bonds is 12. The first-order valence-electron chi connectivity index (χ1n) is 20.7.